The molecule has 0 saturated carbocycles. The van der Waals surface area contributed by atoms with Gasteiger partial charge in [0.25, 0.3) is 0 Å². The molecule has 0 aliphatic carbocycles. The van der Waals surface area contributed by atoms with Crippen LogP contribution in [-0.2, 0) is 16.6 Å². The Labute approximate surface area is 123 Å². The van der Waals surface area contributed by atoms with Gasteiger partial charge in [0.1, 0.15) is 11.3 Å². The van der Waals surface area contributed by atoms with Crippen molar-refractivity contribution in [3.8, 4) is 0 Å². The fourth-order valence-corrected chi connectivity index (χ4v) is 3.31. The van der Waals surface area contributed by atoms with Gasteiger partial charge in [0.05, 0.1) is 26.4 Å². The smallest absolute Gasteiger partial charge is 0.208 e. The summed E-state index contributed by atoms with van der Waals surface area (Å²) in [5, 5.41) is 0.474. The zero-order valence-electron chi connectivity index (χ0n) is 10.4. The molecule has 0 fully saturated rings. The number of nitrogens with two attached hydrogens (primary N) is 1. The highest BCUT2D eigenvalue weighted by atomic mass is 35.5. The summed E-state index contributed by atoms with van der Waals surface area (Å²) in [6.07, 6.45) is 0. The van der Waals surface area contributed by atoms with Crippen molar-refractivity contribution in [1.29, 1.82) is 0 Å². The van der Waals surface area contributed by atoms with Crippen molar-refractivity contribution in [1.82, 2.24) is 4.98 Å². The summed E-state index contributed by atoms with van der Waals surface area (Å²) in [5.74, 6) is 0.550. The average molecular weight is 307 g/mol. The fraction of sp³-hybridized carbons (Fsp3) is 0.0714. The van der Waals surface area contributed by atoms with Crippen LogP contribution in [0.3, 0.4) is 0 Å². The number of hydrogen-bond donors (Lipinski definition) is 1. The van der Waals surface area contributed by atoms with Gasteiger partial charge in [-0.15, -0.1) is 0 Å². The molecule has 20 heavy (non-hydrogen) atoms. The van der Waals surface area contributed by atoms with Crippen LogP contribution in [0, 0.1) is 0 Å². The van der Waals surface area contributed by atoms with E-state index in [0.717, 1.165) is 0 Å². The van der Waals surface area contributed by atoms with E-state index in [1.165, 1.54) is 0 Å². The summed E-state index contributed by atoms with van der Waals surface area (Å²) in [4.78, 5) is 4.85. The molecule has 0 radical (unpaired) electrons. The highest BCUT2D eigenvalue weighted by Gasteiger charge is 2.14. The van der Waals surface area contributed by atoms with Gasteiger partial charge in [-0.25, -0.2) is 4.98 Å². The number of aromatic nitrogens is 1. The van der Waals surface area contributed by atoms with Gasteiger partial charge in [-0.3, -0.25) is 4.21 Å². The second-order valence-electron chi connectivity index (χ2n) is 4.22. The maximum atomic E-state index is 12.3. The van der Waals surface area contributed by atoms with E-state index in [2.05, 4.69) is 4.98 Å². The van der Waals surface area contributed by atoms with Crippen LogP contribution in [0.25, 0.3) is 11.1 Å². The Morgan fingerprint density at radius 2 is 2.00 bits per heavy atom. The van der Waals surface area contributed by atoms with E-state index in [4.69, 9.17) is 21.8 Å². The summed E-state index contributed by atoms with van der Waals surface area (Å²) in [6, 6.07) is 12.3. The van der Waals surface area contributed by atoms with Gasteiger partial charge >= 0.3 is 0 Å². The molecule has 0 bridgehead atoms. The van der Waals surface area contributed by atoms with Crippen LogP contribution in [-0.4, -0.2) is 9.19 Å². The molecule has 3 aromatic rings. The first kappa shape index (κ1) is 13.1. The number of fused-ring (bicyclic) bond motifs is 1. The van der Waals surface area contributed by atoms with E-state index in [-0.39, 0.29) is 5.75 Å². The number of halogens is 1. The molecule has 0 spiro atoms. The molecule has 0 aliphatic rings. The van der Waals surface area contributed by atoms with Gasteiger partial charge < -0.3 is 10.2 Å². The topological polar surface area (TPSA) is 69.1 Å². The third kappa shape index (κ3) is 2.42. The zero-order valence-corrected chi connectivity index (χ0v) is 11.9. The fourth-order valence-electron chi connectivity index (χ4n) is 1.90. The van der Waals surface area contributed by atoms with Gasteiger partial charge in [-0.1, -0.05) is 29.8 Å². The number of benzene rings is 2. The summed E-state index contributed by atoms with van der Waals surface area (Å²) in [6.45, 7) is 0. The normalized spacial score (nSPS) is 12.7. The Hall–Kier alpha value is -1.85. The van der Waals surface area contributed by atoms with E-state index >= 15 is 0 Å². The first-order valence-electron chi connectivity index (χ1n) is 5.92. The first-order valence-corrected chi connectivity index (χ1v) is 7.61. The first-order chi connectivity index (χ1) is 9.65. The average Bonchev–Trinajstić information content (AvgIpc) is 2.83. The van der Waals surface area contributed by atoms with Gasteiger partial charge in [-0.05, 0) is 24.3 Å². The van der Waals surface area contributed by atoms with Gasteiger partial charge in [0.2, 0.25) is 5.89 Å². The molecule has 2 aromatic carbocycles. The Bertz CT molecular complexity index is 801. The second kappa shape index (κ2) is 5.26. The van der Waals surface area contributed by atoms with Crippen LogP contribution >= 0.6 is 11.6 Å². The highest BCUT2D eigenvalue weighted by molar-refractivity contribution is 7.84. The number of anilines is 1. The molecule has 0 saturated heterocycles. The van der Waals surface area contributed by atoms with Crippen molar-refractivity contribution in [3.05, 3.63) is 53.4 Å². The minimum atomic E-state index is -1.31. The summed E-state index contributed by atoms with van der Waals surface area (Å²) in [5.41, 5.74) is 7.55. The number of para-hydroxylation sites is 1. The molecule has 102 valence electrons. The van der Waals surface area contributed by atoms with Crippen molar-refractivity contribution in [2.75, 3.05) is 5.73 Å². The van der Waals surface area contributed by atoms with Crippen LogP contribution in [0.2, 0.25) is 5.02 Å². The monoisotopic (exact) mass is 306 g/mol. The molecule has 1 unspecified atom stereocenters. The lowest BCUT2D eigenvalue weighted by atomic mass is 10.3. The summed E-state index contributed by atoms with van der Waals surface area (Å²) >= 11 is 6.03. The van der Waals surface area contributed by atoms with E-state index in [0.29, 0.717) is 32.6 Å². The van der Waals surface area contributed by atoms with E-state index < -0.39 is 10.8 Å². The second-order valence-corrected chi connectivity index (χ2v) is 6.05. The Kier molecular flexibility index (Phi) is 3.46. The highest BCUT2D eigenvalue weighted by Crippen LogP contribution is 2.24. The molecule has 1 aromatic heterocycles. The molecule has 2 N–H and O–H groups in total. The van der Waals surface area contributed by atoms with Crippen molar-refractivity contribution in [3.63, 3.8) is 0 Å². The minimum Gasteiger partial charge on any atom is -0.440 e. The molecule has 1 heterocycles. The van der Waals surface area contributed by atoms with Crippen LogP contribution in [0.5, 0.6) is 0 Å². The summed E-state index contributed by atoms with van der Waals surface area (Å²) in [7, 11) is -1.31. The van der Waals surface area contributed by atoms with Crippen molar-refractivity contribution < 1.29 is 8.63 Å². The molecule has 0 amide bonds. The molecule has 1 atom stereocenters. The SMILES string of the molecule is Nc1cccc2oc(CS(=O)c3ccccc3Cl)nc12. The number of hydrogen-bond acceptors (Lipinski definition) is 4. The number of rotatable bonds is 3. The maximum absolute atomic E-state index is 12.3. The van der Waals surface area contributed by atoms with Crippen LogP contribution in [0.1, 0.15) is 5.89 Å². The van der Waals surface area contributed by atoms with Gasteiger partial charge in [0.15, 0.2) is 5.58 Å². The molecular weight excluding hydrogens is 296 g/mol. The van der Waals surface area contributed by atoms with E-state index in [9.17, 15) is 4.21 Å². The lowest BCUT2D eigenvalue weighted by Gasteiger charge is -2.01. The molecular formula is C14H11ClN2O2S. The van der Waals surface area contributed by atoms with Crippen molar-refractivity contribution in [2.24, 2.45) is 0 Å². The lowest BCUT2D eigenvalue weighted by molar-refractivity contribution is 0.552. The Morgan fingerprint density at radius 3 is 2.75 bits per heavy atom. The number of nitrogen functional groups attached to an aromatic ring is 1. The molecule has 6 heteroatoms. The van der Waals surface area contributed by atoms with Crippen LogP contribution in [0.4, 0.5) is 5.69 Å². The quantitative estimate of drug-likeness (QED) is 0.753. The molecule has 3 rings (SSSR count). The number of oxazole rings is 1. The predicted molar refractivity (Wildman–Crippen MR) is 80.0 cm³/mol. The van der Waals surface area contributed by atoms with Crippen molar-refractivity contribution in [2.45, 2.75) is 10.6 Å². The van der Waals surface area contributed by atoms with Crippen LogP contribution < -0.4 is 5.73 Å². The maximum Gasteiger partial charge on any atom is 0.208 e. The van der Waals surface area contributed by atoms with Gasteiger partial charge in [0, 0.05) is 0 Å². The molecule has 4 nitrogen and oxygen atoms in total. The summed E-state index contributed by atoms with van der Waals surface area (Å²) < 4.78 is 17.8. The standard InChI is InChI=1S/C14H11ClN2O2S/c15-9-4-1-2-7-12(9)20(18)8-13-17-14-10(16)5-3-6-11(14)19-13/h1-7H,8,16H2. The Morgan fingerprint density at radius 1 is 1.20 bits per heavy atom. The van der Waals surface area contributed by atoms with Gasteiger partial charge in [-0.2, -0.15) is 0 Å². The minimum absolute atomic E-state index is 0.165. The Balaban J connectivity index is 1.92. The van der Waals surface area contributed by atoms with Crippen molar-refractivity contribution >= 4 is 39.2 Å². The predicted octanol–water partition coefficient (Wildman–Crippen LogP) is 3.37. The van der Waals surface area contributed by atoms with E-state index in [1.54, 1.807) is 42.5 Å². The lowest BCUT2D eigenvalue weighted by Crippen LogP contribution is -1.97. The zero-order chi connectivity index (χ0) is 14.1. The van der Waals surface area contributed by atoms with E-state index in [1.807, 2.05) is 0 Å². The third-order valence-corrected chi connectivity index (χ3v) is 4.63. The largest absolute Gasteiger partial charge is 0.440 e. The van der Waals surface area contributed by atoms with Crippen LogP contribution in [0.15, 0.2) is 51.8 Å². The molecule has 0 aliphatic heterocycles. The third-order valence-electron chi connectivity index (χ3n) is 2.83. The number of nitrogens with zero attached hydrogens (tertiary/aromatic N) is 1.